The average molecular weight is 265 g/mol. The third kappa shape index (κ3) is 1.72. The Morgan fingerprint density at radius 2 is 1.64 bits per heavy atom. The molecule has 2 N–H and O–H groups in total. The summed E-state index contributed by atoms with van der Waals surface area (Å²) in [5, 5.41) is 0. The van der Waals surface area contributed by atoms with Crippen molar-refractivity contribution in [2.24, 2.45) is 11.7 Å². The molecule has 0 spiro atoms. The van der Waals surface area contributed by atoms with Crippen LogP contribution in [0.4, 0.5) is 0 Å². The van der Waals surface area contributed by atoms with E-state index in [1.54, 1.807) is 0 Å². The topological polar surface area (TPSA) is 26.0 Å². The quantitative estimate of drug-likeness (QED) is 0.572. The highest BCUT2D eigenvalue weighted by molar-refractivity contribution is 14.1. The molecule has 11 heavy (non-hydrogen) atoms. The molecule has 0 heterocycles. The minimum Gasteiger partial charge on any atom is -0.325 e. The maximum Gasteiger partial charge on any atom is 0.0184 e. The van der Waals surface area contributed by atoms with Crippen LogP contribution in [0.2, 0.25) is 0 Å². The summed E-state index contributed by atoms with van der Waals surface area (Å²) in [5.41, 5.74) is 6.47. The molecule has 2 rings (SSSR count). The third-order valence-electron chi connectivity index (χ3n) is 3.30. The van der Waals surface area contributed by atoms with Gasteiger partial charge in [0.15, 0.2) is 0 Å². The zero-order valence-electron chi connectivity index (χ0n) is 6.85. The lowest BCUT2D eigenvalue weighted by molar-refractivity contribution is 0.300. The van der Waals surface area contributed by atoms with E-state index in [2.05, 4.69) is 22.6 Å². The Morgan fingerprint density at radius 1 is 1.09 bits per heavy atom. The van der Waals surface area contributed by atoms with Crippen LogP contribution >= 0.6 is 22.6 Å². The minimum absolute atomic E-state index is 0.302. The summed E-state index contributed by atoms with van der Waals surface area (Å²) in [6.07, 6.45) is 8.19. The van der Waals surface area contributed by atoms with E-state index in [0.717, 1.165) is 9.84 Å². The summed E-state index contributed by atoms with van der Waals surface area (Å²) >= 11 is 2.57. The van der Waals surface area contributed by atoms with Crippen LogP contribution in [-0.2, 0) is 0 Å². The maximum atomic E-state index is 6.16. The monoisotopic (exact) mass is 265 g/mol. The number of alkyl halides is 1. The van der Waals surface area contributed by atoms with Crippen molar-refractivity contribution in [3.63, 3.8) is 0 Å². The molecule has 0 saturated heterocycles. The van der Waals surface area contributed by atoms with Crippen molar-refractivity contribution in [2.45, 2.75) is 48.0 Å². The molecule has 0 radical (unpaired) electrons. The molecule has 0 aromatic carbocycles. The smallest absolute Gasteiger partial charge is 0.0184 e. The number of nitrogens with two attached hydrogens (primary N) is 1. The number of rotatable bonds is 1. The van der Waals surface area contributed by atoms with Crippen molar-refractivity contribution in [1.29, 1.82) is 0 Å². The molecule has 0 unspecified atom stereocenters. The first-order valence-corrected chi connectivity index (χ1v) is 5.88. The van der Waals surface area contributed by atoms with Crippen molar-refractivity contribution in [3.05, 3.63) is 0 Å². The summed E-state index contributed by atoms with van der Waals surface area (Å²) in [7, 11) is 0. The number of hydrogen-bond donors (Lipinski definition) is 1. The fourth-order valence-corrected chi connectivity index (χ4v) is 2.90. The summed E-state index contributed by atoms with van der Waals surface area (Å²) in [6, 6.07) is 0. The molecular weight excluding hydrogens is 249 g/mol. The van der Waals surface area contributed by atoms with Gasteiger partial charge in [-0.1, -0.05) is 22.6 Å². The molecule has 0 aromatic rings. The zero-order valence-corrected chi connectivity index (χ0v) is 9.01. The van der Waals surface area contributed by atoms with Gasteiger partial charge in [0.25, 0.3) is 0 Å². The van der Waals surface area contributed by atoms with E-state index in [4.69, 9.17) is 5.73 Å². The highest BCUT2D eigenvalue weighted by atomic mass is 127. The molecule has 2 fully saturated rings. The summed E-state index contributed by atoms with van der Waals surface area (Å²) < 4.78 is 0.936. The standard InChI is InChI=1S/C9H16IN/c10-8-3-1-7(2-4-8)9(11)5-6-9/h7-8H,1-6,11H2. The zero-order chi connectivity index (χ0) is 7.90. The van der Waals surface area contributed by atoms with Gasteiger partial charge >= 0.3 is 0 Å². The van der Waals surface area contributed by atoms with Crippen LogP contribution in [0.1, 0.15) is 38.5 Å². The Hall–Kier alpha value is 0.690. The first-order valence-electron chi connectivity index (χ1n) is 4.64. The van der Waals surface area contributed by atoms with Gasteiger partial charge < -0.3 is 5.73 Å². The average Bonchev–Trinajstić information content (AvgIpc) is 2.70. The van der Waals surface area contributed by atoms with E-state index in [0.29, 0.717) is 5.54 Å². The fourth-order valence-electron chi connectivity index (χ4n) is 2.18. The lowest BCUT2D eigenvalue weighted by Crippen LogP contribution is -2.35. The number of hydrogen-bond acceptors (Lipinski definition) is 1. The Morgan fingerprint density at radius 3 is 2.09 bits per heavy atom. The Bertz CT molecular complexity index is 146. The molecule has 2 heteroatoms. The predicted molar refractivity (Wildman–Crippen MR) is 55.9 cm³/mol. The molecule has 0 atom stereocenters. The second kappa shape index (κ2) is 2.87. The van der Waals surface area contributed by atoms with Crippen molar-refractivity contribution in [3.8, 4) is 0 Å². The fraction of sp³-hybridized carbons (Fsp3) is 1.00. The highest BCUT2D eigenvalue weighted by Crippen LogP contribution is 2.46. The van der Waals surface area contributed by atoms with E-state index < -0.39 is 0 Å². The molecule has 0 aromatic heterocycles. The Balaban J connectivity index is 1.87. The van der Waals surface area contributed by atoms with Crippen LogP contribution in [0.25, 0.3) is 0 Å². The van der Waals surface area contributed by atoms with Gasteiger partial charge in [-0.25, -0.2) is 0 Å². The second-order valence-corrected chi connectivity index (χ2v) is 5.94. The largest absolute Gasteiger partial charge is 0.325 e. The molecule has 64 valence electrons. The van der Waals surface area contributed by atoms with E-state index in [1.807, 2.05) is 0 Å². The lowest BCUT2D eigenvalue weighted by Gasteiger charge is -2.29. The van der Waals surface area contributed by atoms with Gasteiger partial charge in [0.1, 0.15) is 0 Å². The molecule has 0 bridgehead atoms. The van der Waals surface area contributed by atoms with Crippen LogP contribution in [0.3, 0.4) is 0 Å². The first kappa shape index (κ1) is 8.30. The van der Waals surface area contributed by atoms with E-state index in [9.17, 15) is 0 Å². The minimum atomic E-state index is 0.302. The first-order chi connectivity index (χ1) is 5.21. The van der Waals surface area contributed by atoms with Crippen LogP contribution in [0, 0.1) is 5.92 Å². The SMILES string of the molecule is NC1(C2CCC(I)CC2)CC1. The highest BCUT2D eigenvalue weighted by Gasteiger charge is 2.45. The van der Waals surface area contributed by atoms with Crippen molar-refractivity contribution in [1.82, 2.24) is 0 Å². The van der Waals surface area contributed by atoms with Gasteiger partial charge in [0, 0.05) is 9.46 Å². The van der Waals surface area contributed by atoms with Gasteiger partial charge in [0.05, 0.1) is 0 Å². The molecule has 0 aliphatic heterocycles. The lowest BCUT2D eigenvalue weighted by atomic mass is 9.83. The number of halogens is 1. The molecule has 2 aliphatic carbocycles. The third-order valence-corrected chi connectivity index (χ3v) is 4.54. The van der Waals surface area contributed by atoms with Crippen LogP contribution in [0.5, 0.6) is 0 Å². The van der Waals surface area contributed by atoms with E-state index in [1.165, 1.54) is 38.5 Å². The molecular formula is C9H16IN. The molecule has 0 amide bonds. The van der Waals surface area contributed by atoms with Crippen LogP contribution in [0.15, 0.2) is 0 Å². The predicted octanol–water partition coefficient (Wildman–Crippen LogP) is 2.47. The van der Waals surface area contributed by atoms with Gasteiger partial charge in [-0.2, -0.15) is 0 Å². The Kier molecular flexibility index (Phi) is 2.17. The second-order valence-electron chi connectivity index (χ2n) is 4.18. The molecule has 2 aliphatic rings. The van der Waals surface area contributed by atoms with Crippen LogP contribution < -0.4 is 5.73 Å². The van der Waals surface area contributed by atoms with Crippen molar-refractivity contribution >= 4 is 22.6 Å². The maximum absolute atomic E-state index is 6.16. The summed E-state index contributed by atoms with van der Waals surface area (Å²) in [5.74, 6) is 0.869. The van der Waals surface area contributed by atoms with Gasteiger partial charge in [-0.3, -0.25) is 0 Å². The normalized spacial score (nSPS) is 42.0. The summed E-state index contributed by atoms with van der Waals surface area (Å²) in [4.78, 5) is 0. The van der Waals surface area contributed by atoms with E-state index in [-0.39, 0.29) is 0 Å². The van der Waals surface area contributed by atoms with Gasteiger partial charge in [-0.15, -0.1) is 0 Å². The Labute approximate surface area is 82.2 Å². The van der Waals surface area contributed by atoms with E-state index >= 15 is 0 Å². The van der Waals surface area contributed by atoms with Crippen molar-refractivity contribution in [2.75, 3.05) is 0 Å². The molecule has 2 saturated carbocycles. The summed E-state index contributed by atoms with van der Waals surface area (Å²) in [6.45, 7) is 0. The van der Waals surface area contributed by atoms with Crippen LogP contribution in [-0.4, -0.2) is 9.46 Å². The van der Waals surface area contributed by atoms with Gasteiger partial charge in [0.2, 0.25) is 0 Å². The van der Waals surface area contributed by atoms with Gasteiger partial charge in [-0.05, 0) is 44.4 Å². The molecule has 1 nitrogen and oxygen atoms in total. The van der Waals surface area contributed by atoms with Crippen molar-refractivity contribution < 1.29 is 0 Å².